The summed E-state index contributed by atoms with van der Waals surface area (Å²) < 4.78 is 16.6. The van der Waals surface area contributed by atoms with Crippen LogP contribution >= 0.6 is 0 Å². The van der Waals surface area contributed by atoms with Gasteiger partial charge in [0.15, 0.2) is 0 Å². The highest BCUT2D eigenvalue weighted by Gasteiger charge is 2.32. The lowest BCUT2D eigenvalue weighted by molar-refractivity contribution is -0.139. The van der Waals surface area contributed by atoms with E-state index >= 15 is 0 Å². The minimum atomic E-state index is -0.0156. The normalized spacial score (nSPS) is 13.4. The molecule has 0 spiro atoms. The van der Waals surface area contributed by atoms with Crippen LogP contribution in [0, 0.1) is 0 Å². The minimum absolute atomic E-state index is 0.0156. The van der Waals surface area contributed by atoms with Crippen LogP contribution in [0.15, 0.2) is 83.4 Å². The first-order valence-electron chi connectivity index (χ1n) is 10.7. The largest absolute Gasteiger partial charge is 0.497 e. The van der Waals surface area contributed by atoms with Gasteiger partial charge in [0.2, 0.25) is 11.7 Å². The van der Waals surface area contributed by atoms with Crippen molar-refractivity contribution in [2.75, 3.05) is 20.2 Å². The standard InChI is InChI=1S/C26H23N3O4/c1-31-22-9-5-6-18(14-22)15-24(30)29-16-23(17-29)32-21-12-10-20(11-13-21)26-27-25(28-33-26)19-7-3-2-4-8-19/h2-14,23H,15-17H2,1H3. The van der Waals surface area contributed by atoms with Gasteiger partial charge in [-0.1, -0.05) is 47.6 Å². The number of amides is 1. The number of hydrogen-bond donors (Lipinski definition) is 0. The van der Waals surface area contributed by atoms with E-state index in [-0.39, 0.29) is 12.0 Å². The molecular formula is C26H23N3O4. The van der Waals surface area contributed by atoms with Crippen molar-refractivity contribution < 1.29 is 18.8 Å². The van der Waals surface area contributed by atoms with Crippen molar-refractivity contribution in [2.24, 2.45) is 0 Å². The number of nitrogens with zero attached hydrogens (tertiary/aromatic N) is 3. The lowest BCUT2D eigenvalue weighted by Crippen LogP contribution is -2.56. The predicted octanol–water partition coefficient (Wildman–Crippen LogP) is 4.24. The van der Waals surface area contributed by atoms with Gasteiger partial charge in [-0.15, -0.1) is 0 Å². The number of ether oxygens (including phenoxy) is 2. The minimum Gasteiger partial charge on any atom is -0.497 e. The molecule has 4 aromatic rings. The van der Waals surface area contributed by atoms with Crippen LogP contribution < -0.4 is 9.47 Å². The first-order valence-corrected chi connectivity index (χ1v) is 10.7. The molecule has 0 aliphatic carbocycles. The van der Waals surface area contributed by atoms with Crippen molar-refractivity contribution in [1.82, 2.24) is 15.0 Å². The highest BCUT2D eigenvalue weighted by atomic mass is 16.5. The Balaban J connectivity index is 1.14. The van der Waals surface area contributed by atoms with Crippen LogP contribution in [0.5, 0.6) is 11.5 Å². The van der Waals surface area contributed by atoms with E-state index < -0.39 is 0 Å². The molecule has 2 heterocycles. The van der Waals surface area contributed by atoms with Crippen LogP contribution in [0.4, 0.5) is 0 Å². The van der Waals surface area contributed by atoms with Gasteiger partial charge in [0.1, 0.15) is 17.6 Å². The Kier molecular flexibility index (Phi) is 5.76. The molecule has 1 saturated heterocycles. The molecule has 0 atom stereocenters. The molecular weight excluding hydrogens is 418 g/mol. The molecule has 0 unspecified atom stereocenters. The summed E-state index contributed by atoms with van der Waals surface area (Å²) in [5.41, 5.74) is 2.67. The van der Waals surface area contributed by atoms with E-state index in [4.69, 9.17) is 14.0 Å². The second kappa shape index (κ2) is 9.16. The third-order valence-corrected chi connectivity index (χ3v) is 5.55. The summed E-state index contributed by atoms with van der Waals surface area (Å²) >= 11 is 0. The first kappa shape index (κ1) is 20.8. The van der Waals surface area contributed by atoms with E-state index in [0.29, 0.717) is 31.2 Å². The average Bonchev–Trinajstić information content (AvgIpc) is 3.32. The molecule has 1 amide bonds. The van der Waals surface area contributed by atoms with Crippen molar-refractivity contribution in [3.05, 3.63) is 84.4 Å². The SMILES string of the molecule is COc1cccc(CC(=O)N2CC(Oc3ccc(-c4nc(-c5ccccc5)no4)cc3)C2)c1. The third-order valence-electron chi connectivity index (χ3n) is 5.55. The summed E-state index contributed by atoms with van der Waals surface area (Å²) in [6.45, 7) is 1.16. The summed E-state index contributed by atoms with van der Waals surface area (Å²) in [5.74, 6) is 2.60. The van der Waals surface area contributed by atoms with Crippen LogP contribution in [0.2, 0.25) is 0 Å². The fraction of sp³-hybridized carbons (Fsp3) is 0.192. The van der Waals surface area contributed by atoms with Crippen LogP contribution in [0.3, 0.4) is 0 Å². The maximum Gasteiger partial charge on any atom is 0.258 e. The molecule has 166 valence electrons. The number of carbonyl (C=O) groups is 1. The number of benzene rings is 3. The Labute approximate surface area is 191 Å². The van der Waals surface area contributed by atoms with Gasteiger partial charge in [-0.05, 0) is 42.0 Å². The summed E-state index contributed by atoms with van der Waals surface area (Å²) in [6.07, 6.45) is 0.339. The Bertz CT molecular complexity index is 1230. The van der Waals surface area contributed by atoms with Crippen LogP contribution in [0.25, 0.3) is 22.8 Å². The summed E-state index contributed by atoms with van der Waals surface area (Å²) in [7, 11) is 1.62. The molecule has 33 heavy (non-hydrogen) atoms. The van der Waals surface area contributed by atoms with E-state index in [9.17, 15) is 4.79 Å². The van der Waals surface area contributed by atoms with Crippen molar-refractivity contribution in [3.8, 4) is 34.3 Å². The smallest absolute Gasteiger partial charge is 0.258 e. The van der Waals surface area contributed by atoms with E-state index in [1.165, 1.54) is 0 Å². The Morgan fingerprint density at radius 1 is 0.970 bits per heavy atom. The van der Waals surface area contributed by atoms with Gasteiger partial charge in [0, 0.05) is 11.1 Å². The molecule has 0 N–H and O–H groups in total. The molecule has 1 aromatic heterocycles. The summed E-state index contributed by atoms with van der Waals surface area (Å²) in [5, 5.41) is 4.06. The summed E-state index contributed by atoms with van der Waals surface area (Å²) in [4.78, 5) is 18.8. The predicted molar refractivity (Wildman–Crippen MR) is 123 cm³/mol. The van der Waals surface area contributed by atoms with Crippen molar-refractivity contribution >= 4 is 5.91 Å². The molecule has 0 radical (unpaired) electrons. The molecule has 5 rings (SSSR count). The van der Waals surface area contributed by atoms with Gasteiger partial charge in [0.05, 0.1) is 26.6 Å². The van der Waals surface area contributed by atoms with Crippen LogP contribution in [-0.2, 0) is 11.2 Å². The number of methoxy groups -OCH3 is 1. The lowest BCUT2D eigenvalue weighted by atomic mass is 10.1. The second-order valence-corrected chi connectivity index (χ2v) is 7.88. The first-order chi connectivity index (χ1) is 16.2. The van der Waals surface area contributed by atoms with Gasteiger partial charge in [-0.3, -0.25) is 4.79 Å². The van der Waals surface area contributed by atoms with Crippen LogP contribution in [0.1, 0.15) is 5.56 Å². The molecule has 3 aromatic carbocycles. The van der Waals surface area contributed by atoms with Gasteiger partial charge < -0.3 is 18.9 Å². The zero-order valence-electron chi connectivity index (χ0n) is 18.2. The van der Waals surface area contributed by atoms with Crippen molar-refractivity contribution in [1.29, 1.82) is 0 Å². The fourth-order valence-electron chi connectivity index (χ4n) is 3.70. The number of aromatic nitrogens is 2. The van der Waals surface area contributed by atoms with Crippen molar-refractivity contribution in [2.45, 2.75) is 12.5 Å². The maximum atomic E-state index is 12.5. The molecule has 1 fully saturated rings. The Hall–Kier alpha value is -4.13. The summed E-state index contributed by atoms with van der Waals surface area (Å²) in [6, 6.07) is 24.8. The highest BCUT2D eigenvalue weighted by Crippen LogP contribution is 2.26. The molecule has 7 nitrogen and oxygen atoms in total. The third kappa shape index (κ3) is 4.72. The number of likely N-dealkylation sites (tertiary alicyclic amines) is 1. The van der Waals surface area contributed by atoms with E-state index in [0.717, 1.165) is 28.2 Å². The fourth-order valence-corrected chi connectivity index (χ4v) is 3.70. The molecule has 0 bridgehead atoms. The average molecular weight is 441 g/mol. The Morgan fingerprint density at radius 3 is 2.52 bits per heavy atom. The molecule has 1 aliphatic heterocycles. The van der Waals surface area contributed by atoms with Crippen molar-refractivity contribution in [3.63, 3.8) is 0 Å². The topological polar surface area (TPSA) is 77.7 Å². The number of carbonyl (C=O) groups excluding carboxylic acids is 1. The number of hydrogen-bond acceptors (Lipinski definition) is 6. The van der Waals surface area contributed by atoms with Gasteiger partial charge >= 0.3 is 0 Å². The van der Waals surface area contributed by atoms with Gasteiger partial charge in [-0.25, -0.2) is 0 Å². The zero-order valence-corrected chi connectivity index (χ0v) is 18.2. The highest BCUT2D eigenvalue weighted by molar-refractivity contribution is 5.79. The Morgan fingerprint density at radius 2 is 1.76 bits per heavy atom. The quantitative estimate of drug-likeness (QED) is 0.427. The zero-order chi connectivity index (χ0) is 22.6. The van der Waals surface area contributed by atoms with Crippen LogP contribution in [-0.4, -0.2) is 47.3 Å². The molecule has 0 saturated carbocycles. The lowest BCUT2D eigenvalue weighted by Gasteiger charge is -2.39. The van der Waals surface area contributed by atoms with Gasteiger partial charge in [0.25, 0.3) is 5.89 Å². The van der Waals surface area contributed by atoms with Gasteiger partial charge in [-0.2, -0.15) is 4.98 Å². The molecule has 1 aliphatic rings. The number of rotatable bonds is 7. The van der Waals surface area contributed by atoms with E-state index in [1.807, 2.05) is 83.8 Å². The second-order valence-electron chi connectivity index (χ2n) is 7.88. The molecule has 7 heteroatoms. The monoisotopic (exact) mass is 441 g/mol. The van der Waals surface area contributed by atoms with E-state index in [2.05, 4.69) is 10.1 Å². The van der Waals surface area contributed by atoms with E-state index in [1.54, 1.807) is 7.11 Å². The maximum absolute atomic E-state index is 12.5.